The van der Waals surface area contributed by atoms with Crippen LogP contribution in [0.5, 0.6) is 0 Å². The van der Waals surface area contributed by atoms with Crippen LogP contribution in [0.4, 0.5) is 0 Å². The first kappa shape index (κ1) is 11.4. The van der Waals surface area contributed by atoms with Crippen LogP contribution in [-0.4, -0.2) is 23.2 Å². The summed E-state index contributed by atoms with van der Waals surface area (Å²) in [4.78, 5) is 7.54. The van der Waals surface area contributed by atoms with Gasteiger partial charge in [0.05, 0.1) is 23.7 Å². The molecule has 3 N–H and O–H groups in total. The number of nitrogens with zero attached hydrogens (tertiary/aromatic N) is 1. The zero-order chi connectivity index (χ0) is 11.5. The molecule has 2 rings (SSSR count). The number of H-pyrrole nitrogens is 1. The molecule has 1 heterocycles. The van der Waals surface area contributed by atoms with Crippen molar-refractivity contribution in [3.8, 4) is 0 Å². The van der Waals surface area contributed by atoms with Crippen LogP contribution in [0.3, 0.4) is 0 Å². The van der Waals surface area contributed by atoms with Gasteiger partial charge in [0.15, 0.2) is 0 Å². The molecule has 0 saturated heterocycles. The molecule has 1 aromatic carbocycles. The van der Waals surface area contributed by atoms with E-state index in [1.165, 1.54) is 0 Å². The van der Waals surface area contributed by atoms with Crippen LogP contribution in [0.25, 0.3) is 11.0 Å². The van der Waals surface area contributed by atoms with Gasteiger partial charge in [-0.25, -0.2) is 4.98 Å². The minimum absolute atomic E-state index is 0.230. The van der Waals surface area contributed by atoms with Crippen molar-refractivity contribution in [2.75, 3.05) is 13.2 Å². The maximum atomic E-state index is 5.93. The zero-order valence-electron chi connectivity index (χ0n) is 9.03. The van der Waals surface area contributed by atoms with Crippen LogP contribution in [0.15, 0.2) is 18.2 Å². The van der Waals surface area contributed by atoms with Gasteiger partial charge in [0, 0.05) is 11.6 Å². The van der Waals surface area contributed by atoms with Crippen molar-refractivity contribution in [2.24, 2.45) is 5.73 Å². The van der Waals surface area contributed by atoms with Gasteiger partial charge in [0.2, 0.25) is 0 Å². The van der Waals surface area contributed by atoms with Crippen LogP contribution in [0, 0.1) is 0 Å². The predicted octanol–water partition coefficient (Wildman–Crippen LogP) is 2.25. The summed E-state index contributed by atoms with van der Waals surface area (Å²) in [6, 6.07) is 5.29. The molecule has 0 amide bonds. The number of fused-ring (bicyclic) bond motifs is 1. The molecule has 2 aromatic rings. The molecule has 1 unspecified atom stereocenters. The third-order valence-electron chi connectivity index (χ3n) is 2.32. The maximum absolute atomic E-state index is 5.93. The molecule has 0 aliphatic heterocycles. The van der Waals surface area contributed by atoms with Crippen LogP contribution in [0.1, 0.15) is 18.8 Å². The van der Waals surface area contributed by atoms with Gasteiger partial charge in [-0.2, -0.15) is 0 Å². The first-order valence-electron chi connectivity index (χ1n) is 5.19. The van der Waals surface area contributed by atoms with E-state index in [1.54, 1.807) is 0 Å². The molecule has 16 heavy (non-hydrogen) atoms. The molecule has 0 fully saturated rings. The second-order valence-corrected chi connectivity index (χ2v) is 3.99. The fraction of sp³-hybridized carbons (Fsp3) is 0.364. The average Bonchev–Trinajstić information content (AvgIpc) is 2.68. The summed E-state index contributed by atoms with van der Waals surface area (Å²) < 4.78 is 5.26. The Kier molecular flexibility index (Phi) is 3.43. The lowest BCUT2D eigenvalue weighted by Crippen LogP contribution is -2.18. The number of imidazole rings is 1. The van der Waals surface area contributed by atoms with Crippen molar-refractivity contribution in [2.45, 2.75) is 13.0 Å². The second kappa shape index (κ2) is 4.82. The van der Waals surface area contributed by atoms with Crippen LogP contribution < -0.4 is 5.73 Å². The molecular weight excluding hydrogens is 226 g/mol. The van der Waals surface area contributed by atoms with Crippen molar-refractivity contribution >= 4 is 22.6 Å². The van der Waals surface area contributed by atoms with Crippen molar-refractivity contribution in [3.05, 3.63) is 29.0 Å². The van der Waals surface area contributed by atoms with E-state index in [-0.39, 0.29) is 6.04 Å². The number of aromatic nitrogens is 2. The monoisotopic (exact) mass is 239 g/mol. The quantitative estimate of drug-likeness (QED) is 0.860. The van der Waals surface area contributed by atoms with Gasteiger partial charge in [0.25, 0.3) is 0 Å². The highest BCUT2D eigenvalue weighted by molar-refractivity contribution is 6.31. The molecule has 0 saturated carbocycles. The lowest BCUT2D eigenvalue weighted by atomic mass is 10.3. The van der Waals surface area contributed by atoms with Gasteiger partial charge in [-0.15, -0.1) is 0 Å². The van der Waals surface area contributed by atoms with E-state index in [1.807, 2.05) is 25.1 Å². The largest absolute Gasteiger partial charge is 0.380 e. The lowest BCUT2D eigenvalue weighted by molar-refractivity contribution is 0.132. The molecular formula is C11H14ClN3O. The molecule has 86 valence electrons. The summed E-state index contributed by atoms with van der Waals surface area (Å²) in [7, 11) is 0. The van der Waals surface area contributed by atoms with Crippen molar-refractivity contribution < 1.29 is 4.74 Å². The molecule has 0 spiro atoms. The number of nitrogens with one attached hydrogen (secondary N) is 1. The normalized spacial score (nSPS) is 13.2. The summed E-state index contributed by atoms with van der Waals surface area (Å²) >= 11 is 5.88. The van der Waals surface area contributed by atoms with E-state index < -0.39 is 0 Å². The number of benzene rings is 1. The summed E-state index contributed by atoms with van der Waals surface area (Å²) in [5.41, 5.74) is 7.70. The Morgan fingerprint density at radius 1 is 1.56 bits per heavy atom. The highest BCUT2D eigenvalue weighted by Crippen LogP contribution is 2.19. The molecule has 0 radical (unpaired) electrons. The number of nitrogens with two attached hydrogens (primary N) is 1. The standard InChI is InChI=1S/C11H14ClN3O/c1-2-16-6-8(13)11-14-9-4-3-7(12)5-10(9)15-11/h3-5,8H,2,6,13H2,1H3,(H,14,15). The first-order valence-corrected chi connectivity index (χ1v) is 5.57. The van der Waals surface area contributed by atoms with E-state index in [0.29, 0.717) is 18.2 Å². The van der Waals surface area contributed by atoms with Crippen LogP contribution >= 0.6 is 11.6 Å². The molecule has 1 atom stereocenters. The fourth-order valence-electron chi connectivity index (χ4n) is 1.50. The van der Waals surface area contributed by atoms with Crippen molar-refractivity contribution in [3.63, 3.8) is 0 Å². The fourth-order valence-corrected chi connectivity index (χ4v) is 1.66. The number of hydrogen-bond acceptors (Lipinski definition) is 3. The second-order valence-electron chi connectivity index (χ2n) is 3.55. The van der Waals surface area contributed by atoms with E-state index in [4.69, 9.17) is 22.1 Å². The predicted molar refractivity (Wildman–Crippen MR) is 64.5 cm³/mol. The Bertz CT molecular complexity index is 483. The number of halogens is 1. The van der Waals surface area contributed by atoms with Crippen molar-refractivity contribution in [1.29, 1.82) is 0 Å². The smallest absolute Gasteiger partial charge is 0.126 e. The topological polar surface area (TPSA) is 63.9 Å². The molecule has 0 aliphatic carbocycles. The molecule has 0 bridgehead atoms. The Hall–Kier alpha value is -1.10. The lowest BCUT2D eigenvalue weighted by Gasteiger charge is -2.07. The third-order valence-corrected chi connectivity index (χ3v) is 2.55. The zero-order valence-corrected chi connectivity index (χ0v) is 9.79. The molecule has 5 heteroatoms. The van der Waals surface area contributed by atoms with Crippen molar-refractivity contribution in [1.82, 2.24) is 9.97 Å². The summed E-state index contributed by atoms with van der Waals surface area (Å²) in [6.07, 6.45) is 0. The summed E-state index contributed by atoms with van der Waals surface area (Å²) in [5.74, 6) is 0.728. The Morgan fingerprint density at radius 2 is 2.38 bits per heavy atom. The van der Waals surface area contributed by atoms with Gasteiger partial charge in [0.1, 0.15) is 5.82 Å². The number of hydrogen-bond donors (Lipinski definition) is 2. The molecule has 4 nitrogen and oxygen atoms in total. The van der Waals surface area contributed by atoms with Gasteiger partial charge in [-0.1, -0.05) is 11.6 Å². The third kappa shape index (κ3) is 2.35. The average molecular weight is 240 g/mol. The van der Waals surface area contributed by atoms with Crippen LogP contribution in [-0.2, 0) is 4.74 Å². The minimum Gasteiger partial charge on any atom is -0.380 e. The Labute approximate surface area is 98.8 Å². The van der Waals surface area contributed by atoms with Gasteiger partial charge < -0.3 is 15.5 Å². The molecule has 1 aromatic heterocycles. The first-order chi connectivity index (χ1) is 7.70. The highest BCUT2D eigenvalue weighted by Gasteiger charge is 2.11. The van der Waals surface area contributed by atoms with Gasteiger partial charge in [-0.05, 0) is 25.1 Å². The molecule has 0 aliphatic rings. The SMILES string of the molecule is CCOCC(N)c1nc2cc(Cl)ccc2[nH]1. The number of ether oxygens (including phenoxy) is 1. The summed E-state index contributed by atoms with van der Waals surface area (Å²) in [6.45, 7) is 3.05. The Morgan fingerprint density at radius 3 is 3.12 bits per heavy atom. The summed E-state index contributed by atoms with van der Waals surface area (Å²) in [5, 5.41) is 0.670. The maximum Gasteiger partial charge on any atom is 0.126 e. The number of rotatable bonds is 4. The van der Waals surface area contributed by atoms with E-state index in [9.17, 15) is 0 Å². The van der Waals surface area contributed by atoms with E-state index in [2.05, 4.69) is 9.97 Å². The van der Waals surface area contributed by atoms with E-state index in [0.717, 1.165) is 16.9 Å². The number of aromatic amines is 1. The minimum atomic E-state index is -0.230. The van der Waals surface area contributed by atoms with Gasteiger partial charge in [-0.3, -0.25) is 0 Å². The Balaban J connectivity index is 2.25. The highest BCUT2D eigenvalue weighted by atomic mass is 35.5. The van der Waals surface area contributed by atoms with E-state index >= 15 is 0 Å². The van der Waals surface area contributed by atoms with Crippen LogP contribution in [0.2, 0.25) is 5.02 Å². The van der Waals surface area contributed by atoms with Gasteiger partial charge >= 0.3 is 0 Å².